The Hall–Kier alpha value is -1.88. The molecule has 1 aliphatic rings. The minimum atomic E-state index is -0.562. The summed E-state index contributed by atoms with van der Waals surface area (Å²) in [5.74, 6) is -1.06. The molecule has 0 saturated carbocycles. The lowest BCUT2D eigenvalue weighted by Crippen LogP contribution is -2.28. The highest BCUT2D eigenvalue weighted by Crippen LogP contribution is 2.12. The molecule has 0 unspecified atom stereocenters. The highest BCUT2D eigenvalue weighted by Gasteiger charge is 2.19. The summed E-state index contributed by atoms with van der Waals surface area (Å²) in [5.41, 5.74) is 2.80. The highest BCUT2D eigenvalue weighted by atomic mass is 16.9. The zero-order chi connectivity index (χ0) is 9.97. The van der Waals surface area contributed by atoms with E-state index < -0.39 is 11.9 Å². The Morgan fingerprint density at radius 3 is 2.79 bits per heavy atom. The van der Waals surface area contributed by atoms with Gasteiger partial charge in [-0.3, -0.25) is 0 Å². The fourth-order valence-electron chi connectivity index (χ4n) is 1.23. The number of carbonyl (C=O) groups is 2. The first-order valence-corrected chi connectivity index (χ1v) is 4.01. The molecular weight excluding hydrogens is 186 g/mol. The molecular formula is C9H7NO4. The lowest BCUT2D eigenvalue weighted by atomic mass is 10.1. The quantitative estimate of drug-likeness (QED) is 0.644. The standard InChI is InChI=1S/C9H7NO4/c11-8-5-6-3-1-2-4-7(6)9(12)14-10-13-8/h1-4,10H,5H2. The van der Waals surface area contributed by atoms with Gasteiger partial charge in [-0.25, -0.2) is 9.59 Å². The molecule has 0 bridgehead atoms. The van der Waals surface area contributed by atoms with E-state index in [0.717, 1.165) is 0 Å². The summed E-state index contributed by atoms with van der Waals surface area (Å²) in [7, 11) is 0. The summed E-state index contributed by atoms with van der Waals surface area (Å²) < 4.78 is 0. The second-order valence-electron chi connectivity index (χ2n) is 2.78. The molecule has 1 aliphatic heterocycles. The Morgan fingerprint density at radius 1 is 1.14 bits per heavy atom. The van der Waals surface area contributed by atoms with Gasteiger partial charge in [0, 0.05) is 5.64 Å². The summed E-state index contributed by atoms with van der Waals surface area (Å²) in [4.78, 5) is 31.1. The molecule has 0 atom stereocenters. The summed E-state index contributed by atoms with van der Waals surface area (Å²) in [5, 5.41) is 0. The molecule has 0 saturated heterocycles. The van der Waals surface area contributed by atoms with Gasteiger partial charge >= 0.3 is 11.9 Å². The third-order valence-electron chi connectivity index (χ3n) is 1.86. The molecule has 2 rings (SSSR count). The molecule has 1 aromatic rings. The molecule has 0 aromatic heterocycles. The minimum Gasteiger partial charge on any atom is -0.335 e. The van der Waals surface area contributed by atoms with Crippen LogP contribution in [0.2, 0.25) is 0 Å². The van der Waals surface area contributed by atoms with Gasteiger partial charge in [0.1, 0.15) is 0 Å². The van der Waals surface area contributed by atoms with E-state index in [0.29, 0.717) is 11.1 Å². The van der Waals surface area contributed by atoms with E-state index in [2.05, 4.69) is 9.68 Å². The fraction of sp³-hybridized carbons (Fsp3) is 0.111. The number of benzene rings is 1. The van der Waals surface area contributed by atoms with Crippen LogP contribution in [-0.4, -0.2) is 11.9 Å². The molecule has 5 nitrogen and oxygen atoms in total. The van der Waals surface area contributed by atoms with Gasteiger partial charge in [0.15, 0.2) is 0 Å². The Bertz CT molecular complexity index is 388. The maximum absolute atomic E-state index is 11.3. The van der Waals surface area contributed by atoms with Crippen molar-refractivity contribution in [2.75, 3.05) is 0 Å². The largest absolute Gasteiger partial charge is 0.360 e. The maximum atomic E-state index is 11.3. The van der Waals surface area contributed by atoms with Gasteiger partial charge in [0.2, 0.25) is 0 Å². The fourth-order valence-corrected chi connectivity index (χ4v) is 1.23. The van der Waals surface area contributed by atoms with Gasteiger partial charge in [-0.05, 0) is 11.6 Å². The maximum Gasteiger partial charge on any atom is 0.360 e. The van der Waals surface area contributed by atoms with Crippen LogP contribution in [0.15, 0.2) is 24.3 Å². The number of nitrogens with one attached hydrogen (secondary N) is 1. The van der Waals surface area contributed by atoms with Crippen LogP contribution < -0.4 is 5.64 Å². The van der Waals surface area contributed by atoms with Crippen molar-refractivity contribution >= 4 is 11.9 Å². The zero-order valence-electron chi connectivity index (χ0n) is 7.15. The normalized spacial score (nSPS) is 16.0. The summed E-state index contributed by atoms with van der Waals surface area (Å²) in [6.45, 7) is 0. The Kier molecular flexibility index (Phi) is 2.16. The zero-order valence-corrected chi connectivity index (χ0v) is 7.15. The second kappa shape index (κ2) is 3.47. The molecule has 72 valence electrons. The van der Waals surface area contributed by atoms with Crippen molar-refractivity contribution in [3.63, 3.8) is 0 Å². The Labute approximate surface area is 79.5 Å². The van der Waals surface area contributed by atoms with E-state index in [1.165, 1.54) is 0 Å². The Morgan fingerprint density at radius 2 is 1.93 bits per heavy atom. The monoisotopic (exact) mass is 193 g/mol. The second-order valence-corrected chi connectivity index (χ2v) is 2.78. The van der Waals surface area contributed by atoms with Crippen molar-refractivity contribution in [1.82, 2.24) is 5.64 Å². The van der Waals surface area contributed by atoms with Gasteiger partial charge < -0.3 is 9.68 Å². The molecule has 0 aliphatic carbocycles. The molecule has 1 N–H and O–H groups in total. The number of rotatable bonds is 0. The van der Waals surface area contributed by atoms with Gasteiger partial charge in [0.05, 0.1) is 12.0 Å². The summed E-state index contributed by atoms with van der Waals surface area (Å²) in [6.07, 6.45) is 0.0538. The van der Waals surface area contributed by atoms with Crippen LogP contribution in [0.25, 0.3) is 0 Å². The van der Waals surface area contributed by atoms with Crippen molar-refractivity contribution < 1.29 is 19.3 Å². The number of hydrogen-bond acceptors (Lipinski definition) is 5. The molecule has 1 heterocycles. The van der Waals surface area contributed by atoms with Gasteiger partial charge in [-0.15, -0.1) is 0 Å². The number of hydrogen-bond donors (Lipinski definition) is 1. The molecule has 0 radical (unpaired) electrons. The van der Waals surface area contributed by atoms with Crippen molar-refractivity contribution in [2.24, 2.45) is 0 Å². The molecule has 0 fully saturated rings. The van der Waals surface area contributed by atoms with Crippen LogP contribution in [0.5, 0.6) is 0 Å². The third kappa shape index (κ3) is 1.57. The first kappa shape index (κ1) is 8.71. The van der Waals surface area contributed by atoms with E-state index >= 15 is 0 Å². The van der Waals surface area contributed by atoms with E-state index in [1.54, 1.807) is 24.3 Å². The lowest BCUT2D eigenvalue weighted by Gasteiger charge is -2.12. The average molecular weight is 193 g/mol. The van der Waals surface area contributed by atoms with Crippen molar-refractivity contribution in [3.8, 4) is 0 Å². The molecule has 1 aromatic carbocycles. The highest BCUT2D eigenvalue weighted by molar-refractivity contribution is 5.92. The van der Waals surface area contributed by atoms with Crippen LogP contribution in [0.3, 0.4) is 0 Å². The minimum absolute atomic E-state index is 0.0538. The Balaban J connectivity index is 2.42. The smallest absolute Gasteiger partial charge is 0.335 e. The van der Waals surface area contributed by atoms with Crippen LogP contribution in [-0.2, 0) is 20.9 Å². The van der Waals surface area contributed by atoms with Crippen molar-refractivity contribution in [3.05, 3.63) is 35.4 Å². The van der Waals surface area contributed by atoms with Crippen LogP contribution >= 0.6 is 0 Å². The van der Waals surface area contributed by atoms with Gasteiger partial charge in [0.25, 0.3) is 0 Å². The SMILES string of the molecule is O=C1Cc2ccccc2C(=O)ONO1. The van der Waals surface area contributed by atoms with E-state index in [9.17, 15) is 9.59 Å². The lowest BCUT2D eigenvalue weighted by molar-refractivity contribution is -0.177. The summed E-state index contributed by atoms with van der Waals surface area (Å²) >= 11 is 0. The first-order chi connectivity index (χ1) is 6.77. The third-order valence-corrected chi connectivity index (χ3v) is 1.86. The molecule has 14 heavy (non-hydrogen) atoms. The van der Waals surface area contributed by atoms with Crippen LogP contribution in [0.4, 0.5) is 0 Å². The van der Waals surface area contributed by atoms with Gasteiger partial charge in [-0.2, -0.15) is 0 Å². The number of carbonyl (C=O) groups excluding carboxylic acids is 2. The van der Waals surface area contributed by atoms with E-state index in [4.69, 9.17) is 0 Å². The predicted octanol–water partition coefficient (Wildman–Crippen LogP) is 0.362. The molecule has 0 amide bonds. The van der Waals surface area contributed by atoms with E-state index in [1.807, 2.05) is 5.64 Å². The average Bonchev–Trinajstić information content (AvgIpc) is 2.16. The predicted molar refractivity (Wildman–Crippen MR) is 44.8 cm³/mol. The number of fused-ring (bicyclic) bond motifs is 1. The van der Waals surface area contributed by atoms with Gasteiger partial charge in [-0.1, -0.05) is 18.2 Å². The first-order valence-electron chi connectivity index (χ1n) is 4.01. The summed E-state index contributed by atoms with van der Waals surface area (Å²) in [6, 6.07) is 6.72. The van der Waals surface area contributed by atoms with Crippen molar-refractivity contribution in [2.45, 2.75) is 6.42 Å². The van der Waals surface area contributed by atoms with Crippen LogP contribution in [0, 0.1) is 0 Å². The van der Waals surface area contributed by atoms with Crippen LogP contribution in [0.1, 0.15) is 15.9 Å². The topological polar surface area (TPSA) is 64.6 Å². The van der Waals surface area contributed by atoms with E-state index in [-0.39, 0.29) is 6.42 Å². The molecule has 5 heteroatoms. The van der Waals surface area contributed by atoms with Crippen molar-refractivity contribution in [1.29, 1.82) is 0 Å². The molecule has 0 spiro atoms.